The molecule has 3 rings (SSSR count). The molecule has 2 aliphatic rings. The van der Waals surface area contributed by atoms with Crippen LogP contribution in [-0.4, -0.2) is 37.2 Å². The summed E-state index contributed by atoms with van der Waals surface area (Å²) in [4.78, 5) is 13.9. The highest BCUT2D eigenvalue weighted by atomic mass is 79.9. The predicted octanol–water partition coefficient (Wildman–Crippen LogP) is 2.74. The molecule has 2 aliphatic heterocycles. The summed E-state index contributed by atoms with van der Waals surface area (Å²) >= 11 is 9.59. The third-order valence-electron chi connectivity index (χ3n) is 3.72. The quantitative estimate of drug-likeness (QED) is 0.725. The van der Waals surface area contributed by atoms with Crippen LogP contribution in [0.5, 0.6) is 5.75 Å². The number of amides is 1. The van der Waals surface area contributed by atoms with E-state index < -0.39 is 5.54 Å². The smallest absolute Gasteiger partial charge is 0.246 e. The van der Waals surface area contributed by atoms with Crippen molar-refractivity contribution in [1.29, 1.82) is 0 Å². The summed E-state index contributed by atoms with van der Waals surface area (Å²) in [7, 11) is 0. The molecule has 0 radical (unpaired) electrons. The number of rotatable bonds is 1. The van der Waals surface area contributed by atoms with E-state index >= 15 is 0 Å². The minimum atomic E-state index is -0.619. The largest absolute Gasteiger partial charge is 0.489 e. The molecule has 1 amide bonds. The number of hydrogen-bond acceptors (Lipinski definition) is 3. The van der Waals surface area contributed by atoms with Crippen LogP contribution in [0.15, 0.2) is 29.3 Å². The second-order valence-electron chi connectivity index (χ2n) is 4.83. The lowest BCUT2D eigenvalue weighted by Gasteiger charge is -2.43. The van der Waals surface area contributed by atoms with Crippen LogP contribution in [0.3, 0.4) is 0 Å². The van der Waals surface area contributed by atoms with E-state index in [0.29, 0.717) is 31.4 Å². The molecule has 0 aliphatic carbocycles. The summed E-state index contributed by atoms with van der Waals surface area (Å²) < 4.78 is 12.2. The fourth-order valence-electron chi connectivity index (χ4n) is 2.78. The van der Waals surface area contributed by atoms with E-state index in [1.54, 1.807) is 11.0 Å². The molecule has 0 bridgehead atoms. The maximum atomic E-state index is 12.2. The zero-order chi connectivity index (χ0) is 14.3. The third kappa shape index (κ3) is 1.96. The normalized spacial score (nSPS) is 24.4. The summed E-state index contributed by atoms with van der Waals surface area (Å²) in [5.41, 5.74) is 0.262. The molecule has 1 spiro atoms. The minimum absolute atomic E-state index is 0.124. The highest BCUT2D eigenvalue weighted by Gasteiger charge is 2.50. The van der Waals surface area contributed by atoms with E-state index in [9.17, 15) is 4.79 Å². The van der Waals surface area contributed by atoms with Crippen molar-refractivity contribution in [3.8, 4) is 5.75 Å². The van der Waals surface area contributed by atoms with Crippen LogP contribution in [-0.2, 0) is 15.1 Å². The third-order valence-corrected chi connectivity index (χ3v) is 4.53. The molecule has 1 fully saturated rings. The van der Waals surface area contributed by atoms with Gasteiger partial charge in [-0.2, -0.15) is 0 Å². The topological polar surface area (TPSA) is 38.8 Å². The van der Waals surface area contributed by atoms with E-state index in [4.69, 9.17) is 21.1 Å². The van der Waals surface area contributed by atoms with Crippen molar-refractivity contribution in [2.75, 3.05) is 26.4 Å². The average Bonchev–Trinajstić information content (AvgIpc) is 2.78. The maximum absolute atomic E-state index is 12.2. The molecule has 4 nitrogen and oxygen atoms in total. The van der Waals surface area contributed by atoms with E-state index in [1.807, 2.05) is 6.07 Å². The van der Waals surface area contributed by atoms with E-state index in [1.165, 1.54) is 6.08 Å². The van der Waals surface area contributed by atoms with Crippen LogP contribution >= 0.6 is 27.5 Å². The second-order valence-corrected chi connectivity index (χ2v) is 6.12. The Morgan fingerprint density at radius 2 is 2.30 bits per heavy atom. The number of benzene rings is 1. The molecular weight excluding hydrogens is 346 g/mol. The van der Waals surface area contributed by atoms with Crippen molar-refractivity contribution in [3.05, 3.63) is 39.8 Å². The molecule has 1 aromatic carbocycles. The van der Waals surface area contributed by atoms with Gasteiger partial charge in [0.05, 0.1) is 17.7 Å². The van der Waals surface area contributed by atoms with E-state index in [2.05, 4.69) is 22.5 Å². The van der Waals surface area contributed by atoms with Gasteiger partial charge in [-0.25, -0.2) is 0 Å². The summed E-state index contributed by atoms with van der Waals surface area (Å²) in [5, 5.41) is 0.595. The van der Waals surface area contributed by atoms with Crippen LogP contribution in [0, 0.1) is 0 Å². The predicted molar refractivity (Wildman–Crippen MR) is 79.1 cm³/mol. The first-order valence-corrected chi connectivity index (χ1v) is 7.40. The van der Waals surface area contributed by atoms with Crippen molar-refractivity contribution in [2.24, 2.45) is 0 Å². The van der Waals surface area contributed by atoms with Gasteiger partial charge in [-0.1, -0.05) is 18.2 Å². The Morgan fingerprint density at radius 3 is 3.05 bits per heavy atom. The highest BCUT2D eigenvalue weighted by Crippen LogP contribution is 2.47. The first-order chi connectivity index (χ1) is 9.58. The zero-order valence-electron chi connectivity index (χ0n) is 10.7. The maximum Gasteiger partial charge on any atom is 0.246 e. The number of morpholine rings is 1. The van der Waals surface area contributed by atoms with Gasteiger partial charge in [0.1, 0.15) is 17.9 Å². The van der Waals surface area contributed by atoms with Gasteiger partial charge in [0.15, 0.2) is 0 Å². The number of carbonyl (C=O) groups is 1. The van der Waals surface area contributed by atoms with Gasteiger partial charge in [0.2, 0.25) is 5.91 Å². The number of fused-ring (bicyclic) bond motifs is 2. The van der Waals surface area contributed by atoms with Gasteiger partial charge in [0.25, 0.3) is 0 Å². The van der Waals surface area contributed by atoms with Gasteiger partial charge in [-0.15, -0.1) is 0 Å². The van der Waals surface area contributed by atoms with Crippen molar-refractivity contribution < 1.29 is 14.3 Å². The molecule has 1 aromatic rings. The van der Waals surface area contributed by atoms with Crippen LogP contribution in [0.25, 0.3) is 0 Å². The van der Waals surface area contributed by atoms with Gasteiger partial charge < -0.3 is 14.4 Å². The SMILES string of the molecule is C=CC(=O)N1CCOCC12COc1c(Br)cc(Cl)cc12. The molecule has 1 saturated heterocycles. The minimum Gasteiger partial charge on any atom is -0.489 e. The Balaban J connectivity index is 2.14. The first-order valence-electron chi connectivity index (χ1n) is 6.22. The van der Waals surface area contributed by atoms with Crippen molar-refractivity contribution >= 4 is 33.4 Å². The Labute approximate surface area is 130 Å². The standard InChI is InChI=1S/C14H13BrClNO3/c1-2-12(18)17-3-4-19-7-14(17)8-20-13-10(14)5-9(16)6-11(13)15/h2,5-6H,1,3-4,7-8H2. The summed E-state index contributed by atoms with van der Waals surface area (Å²) in [6, 6.07) is 3.62. The second kappa shape index (κ2) is 5.06. The van der Waals surface area contributed by atoms with Gasteiger partial charge in [-0.05, 0) is 34.1 Å². The molecule has 20 heavy (non-hydrogen) atoms. The summed E-state index contributed by atoms with van der Waals surface area (Å²) in [6.07, 6.45) is 1.32. The lowest BCUT2D eigenvalue weighted by molar-refractivity contribution is -0.146. The van der Waals surface area contributed by atoms with E-state index in [-0.39, 0.29) is 5.91 Å². The van der Waals surface area contributed by atoms with Gasteiger partial charge in [0, 0.05) is 17.1 Å². The molecule has 0 aromatic heterocycles. The fourth-order valence-corrected chi connectivity index (χ4v) is 3.71. The van der Waals surface area contributed by atoms with Crippen molar-refractivity contribution in [2.45, 2.75) is 5.54 Å². The average molecular weight is 359 g/mol. The molecule has 6 heteroatoms. The van der Waals surface area contributed by atoms with Crippen LogP contribution in [0.2, 0.25) is 5.02 Å². The number of hydrogen-bond donors (Lipinski definition) is 0. The summed E-state index contributed by atoms with van der Waals surface area (Å²) in [6.45, 7) is 5.35. The monoisotopic (exact) mass is 357 g/mol. The van der Waals surface area contributed by atoms with E-state index in [0.717, 1.165) is 15.8 Å². The number of carbonyl (C=O) groups excluding carboxylic acids is 1. The van der Waals surface area contributed by atoms with Crippen LogP contribution in [0.4, 0.5) is 0 Å². The fraction of sp³-hybridized carbons (Fsp3) is 0.357. The molecule has 1 atom stereocenters. The number of nitrogens with zero attached hydrogens (tertiary/aromatic N) is 1. The lowest BCUT2D eigenvalue weighted by Crippen LogP contribution is -2.57. The molecule has 106 valence electrons. The Bertz CT molecular complexity index is 592. The number of ether oxygens (including phenoxy) is 2. The van der Waals surface area contributed by atoms with Crippen molar-refractivity contribution in [3.63, 3.8) is 0 Å². The van der Waals surface area contributed by atoms with Crippen LogP contribution < -0.4 is 4.74 Å². The first kappa shape index (κ1) is 13.9. The highest BCUT2D eigenvalue weighted by molar-refractivity contribution is 9.10. The molecule has 0 N–H and O–H groups in total. The Morgan fingerprint density at radius 1 is 1.50 bits per heavy atom. The molecule has 2 heterocycles. The summed E-state index contributed by atoms with van der Waals surface area (Å²) in [5.74, 6) is 0.600. The Hall–Kier alpha value is -1.04. The van der Waals surface area contributed by atoms with Crippen molar-refractivity contribution in [1.82, 2.24) is 4.90 Å². The van der Waals surface area contributed by atoms with Crippen LogP contribution in [0.1, 0.15) is 5.56 Å². The number of halogens is 2. The lowest BCUT2D eigenvalue weighted by atomic mass is 9.89. The zero-order valence-corrected chi connectivity index (χ0v) is 13.0. The molecule has 1 unspecified atom stereocenters. The molecule has 0 saturated carbocycles. The van der Waals surface area contributed by atoms with Gasteiger partial charge >= 0.3 is 0 Å². The molecular formula is C14H13BrClNO3. The Kier molecular flexibility index (Phi) is 3.52. The van der Waals surface area contributed by atoms with Gasteiger partial charge in [-0.3, -0.25) is 4.79 Å².